The molecule has 0 radical (unpaired) electrons. The quantitative estimate of drug-likeness (QED) is 0.549. The molecular weight excluding hydrogens is 278 g/mol. The van der Waals surface area contributed by atoms with Crippen molar-refractivity contribution >= 4 is 0 Å². The maximum atomic E-state index is 3.81. The lowest BCUT2D eigenvalue weighted by Crippen LogP contribution is -2.48. The van der Waals surface area contributed by atoms with Gasteiger partial charge in [-0.3, -0.25) is 0 Å². The van der Waals surface area contributed by atoms with Crippen LogP contribution in [0.15, 0.2) is 0 Å². The average molecular weight is 322 g/mol. The van der Waals surface area contributed by atoms with Gasteiger partial charge in [-0.05, 0) is 56.3 Å². The molecule has 0 spiro atoms. The molecule has 3 rings (SSSR count). The SMILES string of the molecule is CCC1CCC2CCCCC2N1.CCCCC(CC)CC1CC1. The first-order valence-electron chi connectivity index (χ1n) is 11.0. The number of fused-ring (bicyclic) bond motifs is 1. The minimum absolute atomic E-state index is 0.837. The van der Waals surface area contributed by atoms with Gasteiger partial charge in [-0.15, -0.1) is 0 Å². The lowest BCUT2D eigenvalue weighted by Gasteiger charge is -2.40. The summed E-state index contributed by atoms with van der Waals surface area (Å²) < 4.78 is 0. The van der Waals surface area contributed by atoms with Gasteiger partial charge in [0.2, 0.25) is 0 Å². The third kappa shape index (κ3) is 7.16. The summed E-state index contributed by atoms with van der Waals surface area (Å²) in [4.78, 5) is 0. The van der Waals surface area contributed by atoms with Gasteiger partial charge in [0.15, 0.2) is 0 Å². The van der Waals surface area contributed by atoms with E-state index >= 15 is 0 Å². The molecule has 2 saturated carbocycles. The van der Waals surface area contributed by atoms with E-state index in [4.69, 9.17) is 0 Å². The predicted octanol–water partition coefficient (Wildman–Crippen LogP) is 6.71. The lowest BCUT2D eigenvalue weighted by molar-refractivity contribution is 0.174. The molecule has 0 aromatic carbocycles. The van der Waals surface area contributed by atoms with Gasteiger partial charge in [-0.25, -0.2) is 0 Å². The van der Waals surface area contributed by atoms with Crippen LogP contribution in [-0.4, -0.2) is 12.1 Å². The van der Waals surface area contributed by atoms with E-state index in [0.29, 0.717) is 0 Å². The first-order valence-corrected chi connectivity index (χ1v) is 11.0. The van der Waals surface area contributed by atoms with E-state index in [1.807, 2.05) is 0 Å². The zero-order valence-electron chi connectivity index (χ0n) is 16.3. The third-order valence-corrected chi connectivity index (χ3v) is 6.64. The van der Waals surface area contributed by atoms with Crippen LogP contribution in [0.1, 0.15) is 111 Å². The van der Waals surface area contributed by atoms with E-state index < -0.39 is 0 Å². The summed E-state index contributed by atoms with van der Waals surface area (Å²) in [5.41, 5.74) is 0. The monoisotopic (exact) mass is 321 g/mol. The second-order valence-corrected chi connectivity index (χ2v) is 8.60. The fourth-order valence-electron chi connectivity index (χ4n) is 4.70. The van der Waals surface area contributed by atoms with Gasteiger partial charge in [0.05, 0.1) is 0 Å². The fraction of sp³-hybridized carbons (Fsp3) is 1.00. The predicted molar refractivity (Wildman–Crippen MR) is 103 cm³/mol. The molecule has 3 fully saturated rings. The largest absolute Gasteiger partial charge is 0.311 e. The number of hydrogen-bond donors (Lipinski definition) is 1. The van der Waals surface area contributed by atoms with Crippen LogP contribution in [0.25, 0.3) is 0 Å². The Morgan fingerprint density at radius 3 is 2.35 bits per heavy atom. The maximum Gasteiger partial charge on any atom is 0.00979 e. The summed E-state index contributed by atoms with van der Waals surface area (Å²) in [7, 11) is 0. The summed E-state index contributed by atoms with van der Waals surface area (Å²) >= 11 is 0. The molecule has 0 aromatic heterocycles. The normalized spacial score (nSPS) is 31.7. The summed E-state index contributed by atoms with van der Waals surface area (Å²) in [6.45, 7) is 6.95. The molecule has 1 heteroatoms. The van der Waals surface area contributed by atoms with Crippen molar-refractivity contribution < 1.29 is 0 Å². The number of unbranched alkanes of at least 4 members (excludes halogenated alkanes) is 1. The van der Waals surface area contributed by atoms with Crippen molar-refractivity contribution in [3.63, 3.8) is 0 Å². The zero-order valence-corrected chi connectivity index (χ0v) is 16.3. The van der Waals surface area contributed by atoms with E-state index in [0.717, 1.165) is 29.8 Å². The summed E-state index contributed by atoms with van der Waals surface area (Å²) in [5, 5.41) is 3.81. The van der Waals surface area contributed by atoms with E-state index in [2.05, 4.69) is 26.1 Å². The fourth-order valence-corrected chi connectivity index (χ4v) is 4.70. The van der Waals surface area contributed by atoms with E-state index in [1.165, 1.54) is 89.9 Å². The van der Waals surface area contributed by atoms with Gasteiger partial charge >= 0.3 is 0 Å². The van der Waals surface area contributed by atoms with Crippen molar-refractivity contribution in [2.24, 2.45) is 17.8 Å². The molecule has 1 aliphatic heterocycles. The highest BCUT2D eigenvalue weighted by Crippen LogP contribution is 2.37. The van der Waals surface area contributed by atoms with Gasteiger partial charge < -0.3 is 5.32 Å². The Bertz CT molecular complexity index is 296. The third-order valence-electron chi connectivity index (χ3n) is 6.64. The van der Waals surface area contributed by atoms with Crippen LogP contribution in [0.2, 0.25) is 0 Å². The summed E-state index contributed by atoms with van der Waals surface area (Å²) in [5.74, 6) is 3.22. The minimum Gasteiger partial charge on any atom is -0.311 e. The Balaban J connectivity index is 0.000000168. The molecule has 3 aliphatic rings. The molecular formula is C22H43N. The number of rotatable bonds is 7. The van der Waals surface area contributed by atoms with Gasteiger partial charge in [-0.2, -0.15) is 0 Å². The average Bonchev–Trinajstić information content (AvgIpc) is 3.42. The van der Waals surface area contributed by atoms with Crippen LogP contribution in [0.5, 0.6) is 0 Å². The van der Waals surface area contributed by atoms with Crippen LogP contribution in [0, 0.1) is 17.8 Å². The van der Waals surface area contributed by atoms with Crippen molar-refractivity contribution in [1.82, 2.24) is 5.32 Å². The van der Waals surface area contributed by atoms with Crippen LogP contribution in [0.4, 0.5) is 0 Å². The molecule has 136 valence electrons. The molecule has 2 aliphatic carbocycles. The van der Waals surface area contributed by atoms with Gasteiger partial charge in [0, 0.05) is 12.1 Å². The Morgan fingerprint density at radius 2 is 1.70 bits per heavy atom. The molecule has 23 heavy (non-hydrogen) atoms. The summed E-state index contributed by atoms with van der Waals surface area (Å²) in [6, 6.07) is 1.72. The lowest BCUT2D eigenvalue weighted by atomic mass is 9.77. The highest BCUT2D eigenvalue weighted by Gasteiger charge is 2.30. The van der Waals surface area contributed by atoms with Crippen molar-refractivity contribution in [1.29, 1.82) is 0 Å². The molecule has 0 bridgehead atoms. The number of hydrogen-bond acceptors (Lipinski definition) is 1. The second-order valence-electron chi connectivity index (χ2n) is 8.60. The maximum absolute atomic E-state index is 3.81. The topological polar surface area (TPSA) is 12.0 Å². The summed E-state index contributed by atoms with van der Waals surface area (Å²) in [6.07, 6.45) is 20.5. The van der Waals surface area contributed by atoms with E-state index in [1.54, 1.807) is 0 Å². The van der Waals surface area contributed by atoms with Gasteiger partial charge in [0.1, 0.15) is 0 Å². The van der Waals surface area contributed by atoms with Crippen molar-refractivity contribution in [3.8, 4) is 0 Å². The number of nitrogens with one attached hydrogen (secondary N) is 1. The Labute approximate surface area is 146 Å². The van der Waals surface area contributed by atoms with Gasteiger partial charge in [-0.1, -0.05) is 72.1 Å². The van der Waals surface area contributed by atoms with E-state index in [9.17, 15) is 0 Å². The molecule has 1 heterocycles. The Kier molecular flexibility index (Phi) is 9.01. The molecule has 1 saturated heterocycles. The molecule has 0 aromatic rings. The van der Waals surface area contributed by atoms with Crippen LogP contribution >= 0.6 is 0 Å². The van der Waals surface area contributed by atoms with Crippen molar-refractivity contribution in [2.75, 3.05) is 0 Å². The van der Waals surface area contributed by atoms with Crippen LogP contribution in [-0.2, 0) is 0 Å². The minimum atomic E-state index is 0.837. The zero-order chi connectivity index (χ0) is 16.5. The number of piperidine rings is 1. The van der Waals surface area contributed by atoms with Crippen LogP contribution in [0.3, 0.4) is 0 Å². The van der Waals surface area contributed by atoms with Gasteiger partial charge in [0.25, 0.3) is 0 Å². The van der Waals surface area contributed by atoms with Crippen LogP contribution < -0.4 is 5.32 Å². The molecule has 1 nitrogen and oxygen atoms in total. The second kappa shape index (κ2) is 10.7. The van der Waals surface area contributed by atoms with Crippen molar-refractivity contribution in [3.05, 3.63) is 0 Å². The van der Waals surface area contributed by atoms with Crippen molar-refractivity contribution in [2.45, 2.75) is 123 Å². The highest BCUT2D eigenvalue weighted by molar-refractivity contribution is 4.88. The first kappa shape index (κ1) is 19.3. The van der Waals surface area contributed by atoms with E-state index in [-0.39, 0.29) is 0 Å². The highest BCUT2D eigenvalue weighted by atomic mass is 15.0. The molecule has 1 N–H and O–H groups in total. The smallest absolute Gasteiger partial charge is 0.00979 e. The Hall–Kier alpha value is -0.0400. The first-order chi connectivity index (χ1) is 11.3. The molecule has 4 atom stereocenters. The standard InChI is InChI=1S/C11H21N.C11H22/c1-2-10-8-7-9-5-3-4-6-11(9)12-10;1-3-5-6-10(4-2)9-11-7-8-11/h9-12H,2-8H2,1H3;10-11H,3-9H2,1-2H3. The Morgan fingerprint density at radius 1 is 0.913 bits per heavy atom. The molecule has 4 unspecified atom stereocenters. The molecule has 0 amide bonds.